The quantitative estimate of drug-likeness (QED) is 0.839. The molecule has 3 nitrogen and oxygen atoms in total. The molecule has 1 aliphatic rings. The molecule has 1 N–H and O–H groups in total. The van der Waals surface area contributed by atoms with Crippen LogP contribution < -0.4 is 5.32 Å². The van der Waals surface area contributed by atoms with E-state index in [1.165, 1.54) is 0 Å². The lowest BCUT2D eigenvalue weighted by atomic mass is 10.0. The minimum absolute atomic E-state index is 0.356. The highest BCUT2D eigenvalue weighted by molar-refractivity contribution is 7.99. The van der Waals surface area contributed by atoms with Crippen LogP contribution >= 0.6 is 11.8 Å². The fourth-order valence-corrected chi connectivity index (χ4v) is 2.69. The first-order valence-corrected chi connectivity index (χ1v) is 6.52. The Kier molecular flexibility index (Phi) is 3.91. The molecule has 0 saturated carbocycles. The first-order chi connectivity index (χ1) is 8.50. The fourth-order valence-electron chi connectivity index (χ4n) is 1.76. The lowest BCUT2D eigenvalue weighted by molar-refractivity contribution is -0.138. The maximum atomic E-state index is 12.8. The zero-order chi connectivity index (χ0) is 13.2. The zero-order valence-electron chi connectivity index (χ0n) is 9.33. The van der Waals surface area contributed by atoms with E-state index in [9.17, 15) is 18.0 Å². The number of carbonyl (C=O) groups is 1. The maximum Gasteiger partial charge on any atom is 0.417 e. The number of carbonyl (C=O) groups excluding carboxylic acids is 1. The van der Waals surface area contributed by atoms with Gasteiger partial charge in [0.25, 0.3) is 0 Å². The van der Waals surface area contributed by atoms with Gasteiger partial charge in [-0.25, -0.2) is 0 Å². The second kappa shape index (κ2) is 5.27. The van der Waals surface area contributed by atoms with Crippen LogP contribution in [0.15, 0.2) is 18.5 Å². The Morgan fingerprint density at radius 2 is 2.28 bits per heavy atom. The molecule has 2 rings (SSSR count). The van der Waals surface area contributed by atoms with Gasteiger partial charge in [-0.15, -0.1) is 0 Å². The van der Waals surface area contributed by atoms with Gasteiger partial charge in [0, 0.05) is 36.0 Å². The van der Waals surface area contributed by atoms with Crippen LogP contribution in [-0.2, 0) is 6.18 Å². The van der Waals surface area contributed by atoms with Crippen molar-refractivity contribution >= 4 is 17.5 Å². The van der Waals surface area contributed by atoms with E-state index in [0.29, 0.717) is 12.3 Å². The zero-order valence-corrected chi connectivity index (χ0v) is 10.1. The summed E-state index contributed by atoms with van der Waals surface area (Å²) in [6, 6.07) is 0.275. The molecule has 1 aromatic rings. The molecule has 0 aromatic carbocycles. The van der Waals surface area contributed by atoms with Crippen LogP contribution in [0.5, 0.6) is 0 Å². The summed E-state index contributed by atoms with van der Waals surface area (Å²) in [6.45, 7) is 0.628. The number of Topliss-reactive ketones (excluding diaryl/α,β-unsaturated/α-hetero) is 1. The highest BCUT2D eigenvalue weighted by Crippen LogP contribution is 2.32. The SMILES string of the molecule is O=C(c1cnccc1C(F)(F)F)C1CSCCN1. The largest absolute Gasteiger partial charge is 0.417 e. The van der Waals surface area contributed by atoms with Crippen LogP contribution in [-0.4, -0.2) is 34.9 Å². The van der Waals surface area contributed by atoms with Gasteiger partial charge in [-0.05, 0) is 6.07 Å². The van der Waals surface area contributed by atoms with E-state index in [2.05, 4.69) is 10.3 Å². The summed E-state index contributed by atoms with van der Waals surface area (Å²) in [6.07, 6.45) is -2.50. The topological polar surface area (TPSA) is 42.0 Å². The third-order valence-corrected chi connectivity index (χ3v) is 3.69. The molecule has 2 heterocycles. The van der Waals surface area contributed by atoms with Crippen LogP contribution in [0, 0.1) is 0 Å². The standard InChI is InChI=1S/C11H11F3N2OS/c12-11(13,14)8-1-2-15-5-7(8)10(17)9-6-18-4-3-16-9/h1-2,5,9,16H,3-4,6H2. The van der Waals surface area contributed by atoms with Crippen molar-refractivity contribution in [1.29, 1.82) is 0 Å². The molecule has 1 aromatic heterocycles. The molecule has 0 bridgehead atoms. The number of hydrogen-bond donors (Lipinski definition) is 1. The van der Waals surface area contributed by atoms with Gasteiger partial charge in [-0.3, -0.25) is 9.78 Å². The van der Waals surface area contributed by atoms with Gasteiger partial charge < -0.3 is 5.32 Å². The average molecular weight is 276 g/mol. The van der Waals surface area contributed by atoms with Crippen molar-refractivity contribution in [1.82, 2.24) is 10.3 Å². The molecule has 0 aliphatic carbocycles. The minimum atomic E-state index is -4.53. The van der Waals surface area contributed by atoms with Crippen molar-refractivity contribution in [2.45, 2.75) is 12.2 Å². The molecule has 1 unspecified atom stereocenters. The molecular weight excluding hydrogens is 265 g/mol. The smallest absolute Gasteiger partial charge is 0.306 e. The number of nitrogens with zero attached hydrogens (tertiary/aromatic N) is 1. The van der Waals surface area contributed by atoms with Crippen molar-refractivity contribution < 1.29 is 18.0 Å². The van der Waals surface area contributed by atoms with Gasteiger partial charge in [0.15, 0.2) is 5.78 Å². The van der Waals surface area contributed by atoms with Gasteiger partial charge in [-0.1, -0.05) is 0 Å². The van der Waals surface area contributed by atoms with E-state index >= 15 is 0 Å². The van der Waals surface area contributed by atoms with E-state index in [1.54, 1.807) is 11.8 Å². The number of aromatic nitrogens is 1. The molecule has 1 saturated heterocycles. The van der Waals surface area contributed by atoms with E-state index in [4.69, 9.17) is 0 Å². The van der Waals surface area contributed by atoms with Crippen molar-refractivity contribution in [2.75, 3.05) is 18.1 Å². The molecule has 7 heteroatoms. The molecule has 1 fully saturated rings. The predicted molar refractivity (Wildman–Crippen MR) is 62.7 cm³/mol. The second-order valence-corrected chi connectivity index (χ2v) is 5.01. The van der Waals surface area contributed by atoms with Crippen LogP contribution in [0.1, 0.15) is 15.9 Å². The van der Waals surface area contributed by atoms with Gasteiger partial charge in [0.05, 0.1) is 11.6 Å². The normalized spacial score (nSPS) is 20.7. The van der Waals surface area contributed by atoms with E-state index in [1.807, 2.05) is 0 Å². The molecule has 0 spiro atoms. The highest BCUT2D eigenvalue weighted by Gasteiger charge is 2.36. The number of thioether (sulfide) groups is 1. The van der Waals surface area contributed by atoms with Crippen LogP contribution in [0.3, 0.4) is 0 Å². The summed E-state index contributed by atoms with van der Waals surface area (Å²) in [5.74, 6) is 0.816. The number of ketones is 1. The summed E-state index contributed by atoms with van der Waals surface area (Å²) in [4.78, 5) is 15.7. The summed E-state index contributed by atoms with van der Waals surface area (Å²) in [7, 11) is 0. The monoisotopic (exact) mass is 276 g/mol. The summed E-state index contributed by atoms with van der Waals surface area (Å²) in [5.41, 5.74) is -1.27. The van der Waals surface area contributed by atoms with Crippen LogP contribution in [0.4, 0.5) is 13.2 Å². The number of halogens is 3. The van der Waals surface area contributed by atoms with Gasteiger partial charge in [0.2, 0.25) is 0 Å². The minimum Gasteiger partial charge on any atom is -0.306 e. The Hall–Kier alpha value is -1.08. The summed E-state index contributed by atoms with van der Waals surface area (Å²) < 4.78 is 38.3. The first-order valence-electron chi connectivity index (χ1n) is 5.36. The molecule has 0 radical (unpaired) electrons. The third kappa shape index (κ3) is 2.84. The third-order valence-electron chi connectivity index (χ3n) is 2.63. The fraction of sp³-hybridized carbons (Fsp3) is 0.455. The molecule has 1 atom stereocenters. The lowest BCUT2D eigenvalue weighted by Crippen LogP contribution is -2.44. The van der Waals surface area contributed by atoms with Crippen LogP contribution in [0.2, 0.25) is 0 Å². The Morgan fingerprint density at radius 3 is 2.89 bits per heavy atom. The van der Waals surface area contributed by atoms with Crippen molar-refractivity contribution in [2.24, 2.45) is 0 Å². The molecular formula is C11H11F3N2OS. The number of nitrogens with one attached hydrogen (secondary N) is 1. The molecule has 98 valence electrons. The van der Waals surface area contributed by atoms with Crippen molar-refractivity contribution in [3.63, 3.8) is 0 Å². The summed E-state index contributed by atoms with van der Waals surface area (Å²) >= 11 is 1.55. The highest BCUT2D eigenvalue weighted by atomic mass is 32.2. The Bertz CT molecular complexity index is 444. The maximum absolute atomic E-state index is 12.8. The second-order valence-electron chi connectivity index (χ2n) is 3.86. The number of alkyl halides is 3. The molecule has 1 aliphatic heterocycles. The van der Waals surface area contributed by atoms with Crippen molar-refractivity contribution in [3.8, 4) is 0 Å². The predicted octanol–water partition coefficient (Wildman–Crippen LogP) is 1.99. The van der Waals surface area contributed by atoms with Crippen molar-refractivity contribution in [3.05, 3.63) is 29.6 Å². The van der Waals surface area contributed by atoms with E-state index in [-0.39, 0.29) is 5.56 Å². The van der Waals surface area contributed by atoms with Gasteiger partial charge in [0.1, 0.15) is 0 Å². The van der Waals surface area contributed by atoms with E-state index < -0.39 is 23.6 Å². The van der Waals surface area contributed by atoms with Gasteiger partial charge >= 0.3 is 6.18 Å². The molecule has 18 heavy (non-hydrogen) atoms. The Balaban J connectivity index is 2.30. The number of rotatable bonds is 2. The Morgan fingerprint density at radius 1 is 1.50 bits per heavy atom. The average Bonchev–Trinajstić information content (AvgIpc) is 2.38. The van der Waals surface area contributed by atoms with E-state index in [0.717, 1.165) is 24.2 Å². The lowest BCUT2D eigenvalue weighted by Gasteiger charge is -2.23. The summed E-state index contributed by atoms with van der Waals surface area (Å²) in [5, 5.41) is 2.93. The number of hydrogen-bond acceptors (Lipinski definition) is 4. The van der Waals surface area contributed by atoms with Gasteiger partial charge in [-0.2, -0.15) is 24.9 Å². The first kappa shape index (κ1) is 13.4. The molecule has 0 amide bonds. The number of pyridine rings is 1. The Labute approximate surface area is 106 Å². The van der Waals surface area contributed by atoms with Crippen LogP contribution in [0.25, 0.3) is 0 Å².